The molecule has 0 saturated carbocycles. The molecule has 2 heterocycles. The number of nitrogens with zero attached hydrogens (tertiary/aromatic N) is 1. The Hall–Kier alpha value is -0.250. The van der Waals surface area contributed by atoms with Crippen molar-refractivity contribution in [2.75, 3.05) is 18.0 Å². The van der Waals surface area contributed by atoms with Crippen LogP contribution in [0.1, 0.15) is 18.4 Å². The van der Waals surface area contributed by atoms with Gasteiger partial charge in [-0.05, 0) is 24.5 Å². The number of hydrogen-bond donors (Lipinski definition) is 0. The molecule has 3 rings (SSSR count). The lowest BCUT2D eigenvalue weighted by Gasteiger charge is -2.35. The van der Waals surface area contributed by atoms with Gasteiger partial charge in [0.25, 0.3) is 0 Å². The molecule has 2 saturated heterocycles. The van der Waals surface area contributed by atoms with Gasteiger partial charge in [-0.2, -0.15) is 0 Å². The molecule has 1 aromatic carbocycles. The SMILES string of the molecule is Clc1cccc(CBr)c1N1CC2CCC(C1)O2. The van der Waals surface area contributed by atoms with E-state index in [1.807, 2.05) is 12.1 Å². The molecule has 0 amide bonds. The Labute approximate surface area is 115 Å². The molecule has 2 aliphatic rings. The lowest BCUT2D eigenvalue weighted by molar-refractivity contribution is 0.0304. The van der Waals surface area contributed by atoms with Gasteiger partial charge in [-0.25, -0.2) is 0 Å². The van der Waals surface area contributed by atoms with E-state index in [-0.39, 0.29) is 0 Å². The number of para-hydroxylation sites is 1. The molecule has 4 heteroatoms. The van der Waals surface area contributed by atoms with Crippen molar-refractivity contribution < 1.29 is 4.74 Å². The minimum absolute atomic E-state index is 0.396. The second-order valence-corrected chi connectivity index (χ2v) is 5.71. The number of rotatable bonds is 2. The Morgan fingerprint density at radius 1 is 1.29 bits per heavy atom. The standard InChI is InChI=1S/C13H15BrClNO/c14-6-9-2-1-3-12(15)13(9)16-7-10-4-5-11(8-16)17-10/h1-3,10-11H,4-8H2. The summed E-state index contributed by atoms with van der Waals surface area (Å²) in [5, 5.41) is 1.69. The second-order valence-electron chi connectivity index (χ2n) is 4.74. The average Bonchev–Trinajstić information content (AvgIpc) is 2.68. The highest BCUT2D eigenvalue weighted by molar-refractivity contribution is 9.08. The van der Waals surface area contributed by atoms with Crippen LogP contribution in [0.4, 0.5) is 5.69 Å². The van der Waals surface area contributed by atoms with Crippen molar-refractivity contribution >= 4 is 33.2 Å². The fraction of sp³-hybridized carbons (Fsp3) is 0.538. The van der Waals surface area contributed by atoms with Crippen molar-refractivity contribution in [3.05, 3.63) is 28.8 Å². The van der Waals surface area contributed by atoms with Crippen LogP contribution in [-0.2, 0) is 10.1 Å². The van der Waals surface area contributed by atoms with Crippen LogP contribution in [0.2, 0.25) is 5.02 Å². The quantitative estimate of drug-likeness (QED) is 0.773. The van der Waals surface area contributed by atoms with Crippen LogP contribution in [0.5, 0.6) is 0 Å². The van der Waals surface area contributed by atoms with E-state index in [1.54, 1.807) is 0 Å². The maximum atomic E-state index is 6.35. The van der Waals surface area contributed by atoms with Crippen LogP contribution in [0, 0.1) is 0 Å². The van der Waals surface area contributed by atoms with Gasteiger partial charge in [0.05, 0.1) is 22.9 Å². The topological polar surface area (TPSA) is 12.5 Å². The van der Waals surface area contributed by atoms with Crippen molar-refractivity contribution in [2.45, 2.75) is 30.4 Å². The van der Waals surface area contributed by atoms with Gasteiger partial charge >= 0.3 is 0 Å². The number of alkyl halides is 1. The minimum atomic E-state index is 0.396. The zero-order valence-corrected chi connectivity index (χ0v) is 11.9. The molecular weight excluding hydrogens is 302 g/mol. The van der Waals surface area contributed by atoms with Crippen LogP contribution in [0.15, 0.2) is 18.2 Å². The fourth-order valence-corrected chi connectivity index (χ4v) is 3.59. The third-order valence-electron chi connectivity index (χ3n) is 3.57. The van der Waals surface area contributed by atoms with Gasteiger partial charge in [0.15, 0.2) is 0 Å². The van der Waals surface area contributed by atoms with Crippen LogP contribution in [-0.4, -0.2) is 25.3 Å². The van der Waals surface area contributed by atoms with E-state index in [2.05, 4.69) is 26.9 Å². The zero-order chi connectivity index (χ0) is 11.8. The summed E-state index contributed by atoms with van der Waals surface area (Å²) in [4.78, 5) is 2.39. The lowest BCUT2D eigenvalue weighted by Crippen LogP contribution is -2.43. The van der Waals surface area contributed by atoms with Gasteiger partial charge in [-0.3, -0.25) is 0 Å². The maximum Gasteiger partial charge on any atom is 0.0755 e. The molecule has 17 heavy (non-hydrogen) atoms. The summed E-state index contributed by atoms with van der Waals surface area (Å²) in [6.45, 7) is 1.94. The lowest BCUT2D eigenvalue weighted by atomic mass is 10.1. The molecule has 2 bridgehead atoms. The largest absolute Gasteiger partial charge is 0.371 e. The van der Waals surface area contributed by atoms with Gasteiger partial charge in [-0.15, -0.1) is 0 Å². The molecule has 0 aromatic heterocycles. The first-order valence-corrected chi connectivity index (χ1v) is 7.51. The molecule has 2 aliphatic heterocycles. The van der Waals surface area contributed by atoms with Crippen LogP contribution >= 0.6 is 27.5 Å². The summed E-state index contributed by atoms with van der Waals surface area (Å²) < 4.78 is 5.87. The van der Waals surface area contributed by atoms with Gasteiger partial charge in [0.1, 0.15) is 0 Å². The Morgan fingerprint density at radius 3 is 2.65 bits per heavy atom. The Bertz CT molecular complexity index is 414. The van der Waals surface area contributed by atoms with Crippen molar-refractivity contribution in [1.82, 2.24) is 0 Å². The molecule has 0 N–H and O–H groups in total. The number of ether oxygens (including phenoxy) is 1. The fourth-order valence-electron chi connectivity index (χ4n) is 2.82. The zero-order valence-electron chi connectivity index (χ0n) is 9.53. The Morgan fingerprint density at radius 2 is 2.00 bits per heavy atom. The molecule has 2 fully saturated rings. The van der Waals surface area contributed by atoms with E-state index in [0.717, 1.165) is 23.4 Å². The monoisotopic (exact) mass is 315 g/mol. The third-order valence-corrected chi connectivity index (χ3v) is 4.48. The molecule has 0 aliphatic carbocycles. The summed E-state index contributed by atoms with van der Waals surface area (Å²) >= 11 is 9.89. The van der Waals surface area contributed by atoms with Crippen molar-refractivity contribution in [1.29, 1.82) is 0 Å². The molecule has 1 aromatic rings. The van der Waals surface area contributed by atoms with E-state index in [4.69, 9.17) is 16.3 Å². The molecular formula is C13H15BrClNO. The van der Waals surface area contributed by atoms with E-state index < -0.39 is 0 Å². The number of hydrogen-bond acceptors (Lipinski definition) is 2. The van der Waals surface area contributed by atoms with E-state index >= 15 is 0 Å². The van der Waals surface area contributed by atoms with Crippen molar-refractivity contribution in [3.63, 3.8) is 0 Å². The highest BCUT2D eigenvalue weighted by Crippen LogP contribution is 2.36. The van der Waals surface area contributed by atoms with E-state index in [0.29, 0.717) is 12.2 Å². The summed E-state index contributed by atoms with van der Waals surface area (Å²) in [5.41, 5.74) is 2.45. The maximum absolute atomic E-state index is 6.35. The van der Waals surface area contributed by atoms with E-state index in [1.165, 1.54) is 24.1 Å². The number of benzene rings is 1. The number of morpholine rings is 1. The Balaban J connectivity index is 1.93. The first-order valence-electron chi connectivity index (χ1n) is 6.01. The number of halogens is 2. The summed E-state index contributed by atoms with van der Waals surface area (Å²) in [6, 6.07) is 6.12. The third kappa shape index (κ3) is 2.20. The second kappa shape index (κ2) is 4.79. The molecule has 2 atom stereocenters. The molecule has 0 spiro atoms. The molecule has 92 valence electrons. The summed E-state index contributed by atoms with van der Waals surface area (Å²) in [5.74, 6) is 0. The van der Waals surface area contributed by atoms with Gasteiger partial charge in [0, 0.05) is 18.4 Å². The minimum Gasteiger partial charge on any atom is -0.371 e. The van der Waals surface area contributed by atoms with Gasteiger partial charge in [0.2, 0.25) is 0 Å². The smallest absolute Gasteiger partial charge is 0.0755 e. The first-order chi connectivity index (χ1) is 8.28. The van der Waals surface area contributed by atoms with Gasteiger partial charge < -0.3 is 9.64 Å². The number of anilines is 1. The van der Waals surface area contributed by atoms with Crippen LogP contribution < -0.4 is 4.90 Å². The summed E-state index contributed by atoms with van der Waals surface area (Å²) in [7, 11) is 0. The van der Waals surface area contributed by atoms with Crippen LogP contribution in [0.3, 0.4) is 0 Å². The van der Waals surface area contributed by atoms with Crippen LogP contribution in [0.25, 0.3) is 0 Å². The average molecular weight is 317 g/mol. The van der Waals surface area contributed by atoms with Crippen molar-refractivity contribution in [2.24, 2.45) is 0 Å². The first kappa shape index (κ1) is 11.8. The van der Waals surface area contributed by atoms with Crippen molar-refractivity contribution in [3.8, 4) is 0 Å². The highest BCUT2D eigenvalue weighted by Gasteiger charge is 2.34. The molecule has 2 nitrogen and oxygen atoms in total. The molecule has 0 radical (unpaired) electrons. The normalized spacial score (nSPS) is 27.5. The predicted octanol–water partition coefficient (Wildman–Crippen LogP) is 3.60. The number of fused-ring (bicyclic) bond motifs is 2. The highest BCUT2D eigenvalue weighted by atomic mass is 79.9. The molecule has 2 unspecified atom stereocenters. The Kier molecular flexibility index (Phi) is 3.33. The van der Waals surface area contributed by atoms with Gasteiger partial charge in [-0.1, -0.05) is 39.7 Å². The van der Waals surface area contributed by atoms with E-state index in [9.17, 15) is 0 Å². The predicted molar refractivity (Wildman–Crippen MR) is 74.2 cm³/mol. The summed E-state index contributed by atoms with van der Waals surface area (Å²) in [6.07, 6.45) is 3.17.